The van der Waals surface area contributed by atoms with Gasteiger partial charge in [-0.05, 0) is 30.7 Å². The first kappa shape index (κ1) is 15.4. The van der Waals surface area contributed by atoms with E-state index in [1.54, 1.807) is 12.1 Å². The largest absolute Gasteiger partial charge is 0.379 e. The van der Waals surface area contributed by atoms with Gasteiger partial charge >= 0.3 is 0 Å². The van der Waals surface area contributed by atoms with Crippen molar-refractivity contribution in [2.45, 2.75) is 26.4 Å². The molecular formula is C14H20N4O2S. The molecule has 0 unspecified atom stereocenters. The molecule has 0 spiro atoms. The number of nitrogens with zero attached hydrogens (tertiary/aromatic N) is 2. The summed E-state index contributed by atoms with van der Waals surface area (Å²) in [6, 6.07) is 7.14. The summed E-state index contributed by atoms with van der Waals surface area (Å²) in [6.07, 6.45) is 5.88. The number of rotatable bonds is 7. The maximum Gasteiger partial charge on any atom is 0.229 e. The van der Waals surface area contributed by atoms with Crippen LogP contribution < -0.4 is 10.0 Å². The number of hydrogen-bond acceptors (Lipinski definition) is 4. The van der Waals surface area contributed by atoms with Crippen molar-refractivity contribution in [2.24, 2.45) is 0 Å². The van der Waals surface area contributed by atoms with Crippen molar-refractivity contribution >= 4 is 21.4 Å². The van der Waals surface area contributed by atoms with Crippen LogP contribution in [0.25, 0.3) is 0 Å². The van der Waals surface area contributed by atoms with Crippen molar-refractivity contribution in [2.75, 3.05) is 16.3 Å². The summed E-state index contributed by atoms with van der Waals surface area (Å²) >= 11 is 0. The summed E-state index contributed by atoms with van der Waals surface area (Å²) in [4.78, 5) is 4.15. The molecule has 6 nitrogen and oxygen atoms in total. The Balaban J connectivity index is 1.96. The molecule has 0 bridgehead atoms. The molecule has 1 aromatic carbocycles. The molecule has 0 aliphatic carbocycles. The van der Waals surface area contributed by atoms with E-state index < -0.39 is 10.0 Å². The van der Waals surface area contributed by atoms with E-state index in [1.165, 1.54) is 0 Å². The van der Waals surface area contributed by atoms with Crippen molar-refractivity contribution < 1.29 is 8.42 Å². The molecule has 2 rings (SSSR count). The van der Waals surface area contributed by atoms with Crippen molar-refractivity contribution in [1.82, 2.24) is 9.55 Å². The third kappa shape index (κ3) is 4.78. The summed E-state index contributed by atoms with van der Waals surface area (Å²) in [5.74, 6) is 0. The molecule has 1 aromatic heterocycles. The Hall–Kier alpha value is -2.02. The zero-order chi connectivity index (χ0) is 15.3. The van der Waals surface area contributed by atoms with E-state index in [1.807, 2.05) is 24.7 Å². The highest BCUT2D eigenvalue weighted by molar-refractivity contribution is 7.92. The smallest absolute Gasteiger partial charge is 0.229 e. The van der Waals surface area contributed by atoms with Crippen LogP contribution in [0, 0.1) is 0 Å². The number of sulfonamides is 1. The molecule has 0 saturated carbocycles. The highest BCUT2D eigenvalue weighted by Crippen LogP contribution is 2.15. The van der Waals surface area contributed by atoms with E-state index >= 15 is 0 Å². The zero-order valence-electron chi connectivity index (χ0n) is 12.2. The summed E-state index contributed by atoms with van der Waals surface area (Å²) < 4.78 is 26.8. The second-order valence-corrected chi connectivity index (χ2v) is 6.63. The molecule has 1 heterocycles. The van der Waals surface area contributed by atoms with Gasteiger partial charge in [-0.3, -0.25) is 4.72 Å². The Bertz CT molecular complexity index is 677. The molecule has 0 aliphatic rings. The average molecular weight is 308 g/mol. The Labute approximate surface area is 125 Å². The Morgan fingerprint density at radius 1 is 1.19 bits per heavy atom. The van der Waals surface area contributed by atoms with E-state index in [-0.39, 0.29) is 0 Å². The third-order valence-corrected chi connectivity index (χ3v) is 3.53. The lowest BCUT2D eigenvalue weighted by molar-refractivity contribution is 0.607. The molecule has 0 amide bonds. The van der Waals surface area contributed by atoms with Gasteiger partial charge in [0.2, 0.25) is 10.0 Å². The van der Waals surface area contributed by atoms with Gasteiger partial charge in [0, 0.05) is 24.1 Å². The Kier molecular flexibility index (Phi) is 4.85. The number of imidazole rings is 1. The van der Waals surface area contributed by atoms with Crippen LogP contribution in [0.4, 0.5) is 11.4 Å². The molecule has 0 aliphatic heterocycles. The van der Waals surface area contributed by atoms with Crippen LogP contribution in [-0.4, -0.2) is 24.2 Å². The van der Waals surface area contributed by atoms with Crippen LogP contribution in [-0.2, 0) is 23.1 Å². The lowest BCUT2D eigenvalue weighted by atomic mass is 10.3. The number of anilines is 2. The van der Waals surface area contributed by atoms with E-state index in [4.69, 9.17) is 0 Å². The van der Waals surface area contributed by atoms with Crippen LogP contribution >= 0.6 is 0 Å². The van der Waals surface area contributed by atoms with Gasteiger partial charge in [-0.2, -0.15) is 0 Å². The van der Waals surface area contributed by atoms with Crippen molar-refractivity contribution in [1.29, 1.82) is 0 Å². The fourth-order valence-electron chi connectivity index (χ4n) is 2.00. The van der Waals surface area contributed by atoms with Crippen molar-refractivity contribution in [3.8, 4) is 0 Å². The second kappa shape index (κ2) is 6.62. The summed E-state index contributed by atoms with van der Waals surface area (Å²) in [5.41, 5.74) is 2.60. The Morgan fingerprint density at radius 2 is 1.86 bits per heavy atom. The van der Waals surface area contributed by atoms with Crippen molar-refractivity contribution in [3.05, 3.63) is 42.5 Å². The van der Waals surface area contributed by atoms with Gasteiger partial charge < -0.3 is 9.88 Å². The predicted molar refractivity (Wildman–Crippen MR) is 84.8 cm³/mol. The molecular weight excluding hydrogens is 288 g/mol. The van der Waals surface area contributed by atoms with E-state index in [0.29, 0.717) is 12.2 Å². The van der Waals surface area contributed by atoms with Crippen LogP contribution in [0.3, 0.4) is 0 Å². The number of aromatic nitrogens is 2. The second-order valence-electron chi connectivity index (χ2n) is 4.88. The highest BCUT2D eigenvalue weighted by atomic mass is 32.2. The van der Waals surface area contributed by atoms with Gasteiger partial charge in [0.05, 0.1) is 24.8 Å². The lowest BCUT2D eigenvalue weighted by Gasteiger charge is -2.10. The van der Waals surface area contributed by atoms with E-state index in [2.05, 4.69) is 26.5 Å². The standard InChI is InChI=1S/C14H20N4O2S/c1-3-8-18-11-15-9-14(18)10-16-12-4-6-13(7-5-12)17-21(2,19)20/h4-7,9,11,16-17H,3,8,10H2,1-2H3. The first-order valence-corrected chi connectivity index (χ1v) is 8.68. The topological polar surface area (TPSA) is 76.0 Å². The van der Waals surface area contributed by atoms with Crippen molar-refractivity contribution in [3.63, 3.8) is 0 Å². The van der Waals surface area contributed by atoms with Crippen LogP contribution in [0.2, 0.25) is 0 Å². The number of hydrogen-bond donors (Lipinski definition) is 2. The SMILES string of the molecule is CCCn1cncc1CNc1ccc(NS(C)(=O)=O)cc1. The normalized spacial score (nSPS) is 11.3. The first-order valence-electron chi connectivity index (χ1n) is 6.78. The van der Waals surface area contributed by atoms with Gasteiger partial charge in [0.25, 0.3) is 0 Å². The van der Waals surface area contributed by atoms with Gasteiger partial charge in [0.15, 0.2) is 0 Å². The number of aryl methyl sites for hydroxylation is 1. The van der Waals surface area contributed by atoms with Gasteiger partial charge in [-0.1, -0.05) is 6.92 Å². The molecule has 7 heteroatoms. The fourth-order valence-corrected chi connectivity index (χ4v) is 2.56. The molecule has 0 radical (unpaired) electrons. The summed E-state index contributed by atoms with van der Waals surface area (Å²) in [5, 5.41) is 3.30. The maximum absolute atomic E-state index is 11.1. The maximum atomic E-state index is 11.1. The number of nitrogens with one attached hydrogen (secondary N) is 2. The van der Waals surface area contributed by atoms with Gasteiger partial charge in [-0.15, -0.1) is 0 Å². The first-order chi connectivity index (χ1) is 9.98. The Morgan fingerprint density at radius 3 is 2.48 bits per heavy atom. The highest BCUT2D eigenvalue weighted by Gasteiger charge is 2.03. The lowest BCUT2D eigenvalue weighted by Crippen LogP contribution is -2.09. The quantitative estimate of drug-likeness (QED) is 0.823. The minimum atomic E-state index is -3.23. The minimum Gasteiger partial charge on any atom is -0.379 e. The molecule has 2 N–H and O–H groups in total. The third-order valence-electron chi connectivity index (χ3n) is 2.92. The zero-order valence-corrected chi connectivity index (χ0v) is 13.0. The molecule has 0 fully saturated rings. The predicted octanol–water partition coefficient (Wildman–Crippen LogP) is 2.28. The van der Waals surface area contributed by atoms with E-state index in [0.717, 1.165) is 30.6 Å². The molecule has 0 saturated heterocycles. The molecule has 21 heavy (non-hydrogen) atoms. The average Bonchev–Trinajstić information content (AvgIpc) is 2.84. The monoisotopic (exact) mass is 308 g/mol. The van der Waals surface area contributed by atoms with Gasteiger partial charge in [0.1, 0.15) is 0 Å². The molecule has 2 aromatic rings. The summed E-state index contributed by atoms with van der Waals surface area (Å²) in [6.45, 7) is 3.76. The van der Waals surface area contributed by atoms with Gasteiger partial charge in [-0.25, -0.2) is 13.4 Å². The minimum absolute atomic E-state index is 0.555. The van der Waals surface area contributed by atoms with Crippen LogP contribution in [0.5, 0.6) is 0 Å². The van der Waals surface area contributed by atoms with Crippen LogP contribution in [0.1, 0.15) is 19.0 Å². The van der Waals surface area contributed by atoms with E-state index in [9.17, 15) is 8.42 Å². The fraction of sp³-hybridized carbons (Fsp3) is 0.357. The molecule has 114 valence electrons. The number of benzene rings is 1. The molecule has 0 atom stereocenters. The summed E-state index contributed by atoms with van der Waals surface area (Å²) in [7, 11) is -3.23. The van der Waals surface area contributed by atoms with Crippen LogP contribution in [0.15, 0.2) is 36.8 Å².